The highest BCUT2D eigenvalue weighted by Gasteiger charge is 2.37. The zero-order valence-electron chi connectivity index (χ0n) is 13.2. The highest BCUT2D eigenvalue weighted by Crippen LogP contribution is 2.36. The minimum Gasteiger partial charge on any atom is -0.445 e. The molecule has 1 heterocycles. The van der Waals surface area contributed by atoms with Gasteiger partial charge < -0.3 is 14.5 Å². The third-order valence-corrected chi connectivity index (χ3v) is 3.77. The van der Waals surface area contributed by atoms with Gasteiger partial charge in [0.25, 0.3) is 0 Å². The van der Waals surface area contributed by atoms with Gasteiger partial charge in [-0.25, -0.2) is 4.79 Å². The number of ether oxygens (including phenoxy) is 1. The number of carbonyl (C=O) groups excluding carboxylic acids is 1. The summed E-state index contributed by atoms with van der Waals surface area (Å²) in [6.07, 6.45) is -10.6. The molecule has 0 radical (unpaired) electrons. The van der Waals surface area contributed by atoms with Crippen molar-refractivity contribution in [1.29, 1.82) is 0 Å². The lowest BCUT2D eigenvalue weighted by atomic mass is 10.1. The van der Waals surface area contributed by atoms with Gasteiger partial charge in [0.05, 0.1) is 11.1 Å². The number of halogens is 6. The van der Waals surface area contributed by atoms with Crippen molar-refractivity contribution in [3.63, 3.8) is 0 Å². The van der Waals surface area contributed by atoms with Crippen LogP contribution in [0.4, 0.5) is 31.1 Å². The van der Waals surface area contributed by atoms with Crippen LogP contribution in [0.2, 0.25) is 0 Å². The van der Waals surface area contributed by atoms with Crippen LogP contribution in [0.15, 0.2) is 18.2 Å². The molecule has 0 atom stereocenters. The van der Waals surface area contributed by atoms with E-state index in [0.717, 1.165) is 0 Å². The molecule has 1 aromatic carbocycles. The van der Waals surface area contributed by atoms with Crippen molar-refractivity contribution in [2.75, 3.05) is 33.2 Å². The van der Waals surface area contributed by atoms with E-state index in [2.05, 4.69) is 0 Å². The lowest BCUT2D eigenvalue weighted by Crippen LogP contribution is -2.47. The Bertz CT molecular complexity index is 589. The molecule has 1 amide bonds. The number of alkyl halides is 6. The average Bonchev–Trinajstić information content (AvgIpc) is 2.51. The molecule has 0 unspecified atom stereocenters. The second kappa shape index (κ2) is 7.11. The molecule has 0 spiro atoms. The minimum absolute atomic E-state index is 0.0335. The van der Waals surface area contributed by atoms with E-state index in [1.54, 1.807) is 0 Å². The van der Waals surface area contributed by atoms with Gasteiger partial charge in [-0.05, 0) is 30.8 Å². The molecule has 0 N–H and O–H groups in total. The second-order valence-electron chi connectivity index (χ2n) is 5.76. The molecule has 1 fully saturated rings. The molecule has 25 heavy (non-hydrogen) atoms. The largest absolute Gasteiger partial charge is 0.445 e. The van der Waals surface area contributed by atoms with E-state index in [9.17, 15) is 31.1 Å². The van der Waals surface area contributed by atoms with Gasteiger partial charge in [-0.2, -0.15) is 26.3 Å². The van der Waals surface area contributed by atoms with Crippen molar-refractivity contribution >= 4 is 6.09 Å². The van der Waals surface area contributed by atoms with Crippen molar-refractivity contribution in [3.05, 3.63) is 34.9 Å². The highest BCUT2D eigenvalue weighted by molar-refractivity contribution is 5.67. The number of benzene rings is 1. The maximum atomic E-state index is 12.8. The van der Waals surface area contributed by atoms with Crippen molar-refractivity contribution in [3.8, 4) is 0 Å². The fourth-order valence-corrected chi connectivity index (χ4v) is 2.33. The Morgan fingerprint density at radius 2 is 1.44 bits per heavy atom. The minimum atomic E-state index is -4.93. The number of amides is 1. The van der Waals surface area contributed by atoms with E-state index in [4.69, 9.17) is 4.74 Å². The molecule has 1 saturated heterocycles. The quantitative estimate of drug-likeness (QED) is 0.746. The van der Waals surface area contributed by atoms with Crippen molar-refractivity contribution < 1.29 is 35.9 Å². The topological polar surface area (TPSA) is 32.8 Å². The maximum absolute atomic E-state index is 12.8. The molecular formula is C15H16F6N2O2. The van der Waals surface area contributed by atoms with Gasteiger partial charge in [0.1, 0.15) is 6.61 Å². The van der Waals surface area contributed by atoms with Gasteiger partial charge >= 0.3 is 18.4 Å². The van der Waals surface area contributed by atoms with Crippen molar-refractivity contribution in [1.82, 2.24) is 9.80 Å². The summed E-state index contributed by atoms with van der Waals surface area (Å²) in [6, 6.07) is 1.13. The predicted molar refractivity (Wildman–Crippen MR) is 75.7 cm³/mol. The van der Waals surface area contributed by atoms with Crippen LogP contribution in [0.1, 0.15) is 16.7 Å². The van der Waals surface area contributed by atoms with Crippen LogP contribution in [0.5, 0.6) is 0 Å². The lowest BCUT2D eigenvalue weighted by molar-refractivity contribution is -0.143. The summed E-state index contributed by atoms with van der Waals surface area (Å²) in [4.78, 5) is 15.2. The third kappa shape index (κ3) is 5.25. The molecule has 0 bridgehead atoms. The third-order valence-electron chi connectivity index (χ3n) is 3.77. The first-order chi connectivity index (χ1) is 11.5. The molecule has 0 aromatic heterocycles. The Balaban J connectivity index is 2.11. The van der Waals surface area contributed by atoms with Gasteiger partial charge in [0, 0.05) is 26.2 Å². The molecule has 0 aliphatic carbocycles. The summed E-state index contributed by atoms with van der Waals surface area (Å²) < 4.78 is 81.5. The first-order valence-corrected chi connectivity index (χ1v) is 7.35. The van der Waals surface area contributed by atoms with Crippen molar-refractivity contribution in [2.45, 2.75) is 19.0 Å². The Morgan fingerprint density at radius 1 is 0.960 bits per heavy atom. The fourth-order valence-electron chi connectivity index (χ4n) is 2.33. The molecule has 4 nitrogen and oxygen atoms in total. The Morgan fingerprint density at radius 3 is 1.88 bits per heavy atom. The van der Waals surface area contributed by atoms with E-state index in [0.29, 0.717) is 38.3 Å². The number of piperazine rings is 1. The van der Waals surface area contributed by atoms with Crippen LogP contribution >= 0.6 is 0 Å². The lowest BCUT2D eigenvalue weighted by Gasteiger charge is -2.31. The van der Waals surface area contributed by atoms with Crippen LogP contribution in [0.3, 0.4) is 0 Å². The normalized spacial score (nSPS) is 16.8. The first-order valence-electron chi connectivity index (χ1n) is 7.35. The predicted octanol–water partition coefficient (Wildman–Crippen LogP) is 3.61. The van der Waals surface area contributed by atoms with Gasteiger partial charge in [0.2, 0.25) is 0 Å². The number of likely N-dealkylation sites (N-methyl/N-ethyl adjacent to an activating group) is 1. The van der Waals surface area contributed by atoms with Gasteiger partial charge in [-0.1, -0.05) is 0 Å². The summed E-state index contributed by atoms with van der Waals surface area (Å²) >= 11 is 0. The summed E-state index contributed by atoms with van der Waals surface area (Å²) in [5.41, 5.74) is -3.24. The molecule has 2 rings (SSSR count). The average molecular weight is 370 g/mol. The molecule has 1 aromatic rings. The summed E-state index contributed by atoms with van der Waals surface area (Å²) in [6.45, 7) is 1.31. The standard InChI is InChI=1S/C15H16F6N2O2/c1-22-2-4-23(5-3-22)13(24)25-9-10-6-11(14(16,17)18)8-12(7-10)15(19,20)21/h6-8H,2-5,9H2,1H3. The molecule has 10 heteroatoms. The molecule has 1 aliphatic rings. The van der Waals surface area contributed by atoms with Crippen LogP contribution in [-0.2, 0) is 23.7 Å². The maximum Gasteiger partial charge on any atom is 0.416 e. The number of hydrogen-bond acceptors (Lipinski definition) is 3. The SMILES string of the molecule is CN1CCN(C(=O)OCc2cc(C(F)(F)F)cc(C(F)(F)F)c2)CC1. The van der Waals surface area contributed by atoms with E-state index >= 15 is 0 Å². The molecular weight excluding hydrogens is 354 g/mol. The van der Waals surface area contributed by atoms with E-state index in [-0.39, 0.29) is 11.6 Å². The number of nitrogens with zero attached hydrogens (tertiary/aromatic N) is 2. The van der Waals surface area contributed by atoms with Crippen LogP contribution < -0.4 is 0 Å². The zero-order valence-corrected chi connectivity index (χ0v) is 13.2. The van der Waals surface area contributed by atoms with E-state index < -0.39 is 36.2 Å². The highest BCUT2D eigenvalue weighted by atomic mass is 19.4. The van der Waals surface area contributed by atoms with Crippen LogP contribution in [-0.4, -0.2) is 49.1 Å². The van der Waals surface area contributed by atoms with E-state index in [1.807, 2.05) is 11.9 Å². The second-order valence-corrected chi connectivity index (χ2v) is 5.76. The summed E-state index contributed by atoms with van der Waals surface area (Å²) in [5.74, 6) is 0. The van der Waals surface area contributed by atoms with Gasteiger partial charge in [-0.15, -0.1) is 0 Å². The zero-order chi connectivity index (χ0) is 18.8. The van der Waals surface area contributed by atoms with Gasteiger partial charge in [0.15, 0.2) is 0 Å². The summed E-state index contributed by atoms with van der Waals surface area (Å²) in [5, 5.41) is 0. The Kier molecular flexibility index (Phi) is 5.50. The van der Waals surface area contributed by atoms with Gasteiger partial charge in [-0.3, -0.25) is 0 Å². The van der Waals surface area contributed by atoms with Crippen molar-refractivity contribution in [2.24, 2.45) is 0 Å². The number of hydrogen-bond donors (Lipinski definition) is 0. The van der Waals surface area contributed by atoms with Crippen LogP contribution in [0.25, 0.3) is 0 Å². The number of carbonyl (C=O) groups is 1. The molecule has 140 valence electrons. The smallest absolute Gasteiger partial charge is 0.416 e. The monoisotopic (exact) mass is 370 g/mol. The van der Waals surface area contributed by atoms with E-state index in [1.165, 1.54) is 4.90 Å². The number of rotatable bonds is 2. The summed E-state index contributed by atoms with van der Waals surface area (Å²) in [7, 11) is 1.87. The first kappa shape index (κ1) is 19.4. The Labute approximate surface area is 139 Å². The Hall–Kier alpha value is -1.97. The molecule has 0 saturated carbocycles. The molecule has 1 aliphatic heterocycles. The van der Waals surface area contributed by atoms with Crippen LogP contribution in [0, 0.1) is 0 Å². The fraction of sp³-hybridized carbons (Fsp3) is 0.533.